The molecule has 3 heterocycles. The normalized spacial score (nSPS) is 17.4. The van der Waals surface area contributed by atoms with Gasteiger partial charge in [-0.1, -0.05) is 29.8 Å². The number of carbonyl (C=O) groups excluding carboxylic acids is 1. The Morgan fingerprint density at radius 1 is 1.30 bits per heavy atom. The van der Waals surface area contributed by atoms with Crippen LogP contribution in [-0.2, 0) is 11.3 Å². The third-order valence-electron chi connectivity index (χ3n) is 5.36. The number of fused-ring (bicyclic) bond motifs is 1. The summed E-state index contributed by atoms with van der Waals surface area (Å²) in [5.41, 5.74) is 2.41. The quantitative estimate of drug-likeness (QED) is 0.698. The van der Waals surface area contributed by atoms with Crippen molar-refractivity contribution in [3.63, 3.8) is 0 Å². The van der Waals surface area contributed by atoms with Crippen LogP contribution in [0.25, 0.3) is 10.2 Å². The van der Waals surface area contributed by atoms with Gasteiger partial charge in [0, 0.05) is 19.0 Å². The second-order valence-electron chi connectivity index (χ2n) is 7.28. The van der Waals surface area contributed by atoms with Gasteiger partial charge in [-0.05, 0) is 43.7 Å². The van der Waals surface area contributed by atoms with Gasteiger partial charge in [0.25, 0.3) is 5.56 Å². The zero-order valence-electron chi connectivity index (χ0n) is 15.6. The van der Waals surface area contributed by atoms with Crippen molar-refractivity contribution in [1.82, 2.24) is 14.5 Å². The van der Waals surface area contributed by atoms with Gasteiger partial charge in [-0.25, -0.2) is 4.98 Å². The van der Waals surface area contributed by atoms with Crippen LogP contribution in [0.4, 0.5) is 0 Å². The highest BCUT2D eigenvalue weighted by Crippen LogP contribution is 2.27. The van der Waals surface area contributed by atoms with Crippen LogP contribution in [0.3, 0.4) is 0 Å². The number of carbonyl (C=O) groups is 1. The first kappa shape index (κ1) is 17.9. The van der Waals surface area contributed by atoms with E-state index < -0.39 is 0 Å². The van der Waals surface area contributed by atoms with Crippen LogP contribution >= 0.6 is 11.3 Å². The number of aromatic nitrogens is 2. The first-order chi connectivity index (χ1) is 13.0. The van der Waals surface area contributed by atoms with Crippen molar-refractivity contribution >= 4 is 27.5 Å². The minimum absolute atomic E-state index is 0.00562. The second kappa shape index (κ2) is 7.27. The largest absolute Gasteiger partial charge is 0.341 e. The van der Waals surface area contributed by atoms with E-state index in [9.17, 15) is 9.59 Å². The van der Waals surface area contributed by atoms with Crippen LogP contribution in [0.15, 0.2) is 40.5 Å². The average Bonchev–Trinajstić information content (AvgIpc) is 3.13. The Labute approximate surface area is 162 Å². The zero-order valence-corrected chi connectivity index (χ0v) is 16.5. The Morgan fingerprint density at radius 2 is 2.15 bits per heavy atom. The molecule has 1 atom stereocenters. The molecule has 0 bridgehead atoms. The van der Waals surface area contributed by atoms with Crippen LogP contribution < -0.4 is 5.56 Å². The lowest BCUT2D eigenvalue weighted by molar-refractivity contribution is -0.133. The van der Waals surface area contributed by atoms with Gasteiger partial charge < -0.3 is 4.90 Å². The van der Waals surface area contributed by atoms with E-state index in [0.717, 1.165) is 24.2 Å². The fourth-order valence-electron chi connectivity index (χ4n) is 3.87. The van der Waals surface area contributed by atoms with Crippen molar-refractivity contribution in [3.8, 4) is 0 Å². The SMILES string of the molecule is Cc1cccc(C2CCCN(C(=O)Cn3c(C)nc4sccc4c3=O)C2)c1. The fraction of sp³-hybridized carbons (Fsp3) is 0.381. The maximum atomic E-state index is 12.9. The average molecular weight is 382 g/mol. The number of likely N-dealkylation sites (tertiary alicyclic amines) is 1. The number of benzene rings is 1. The molecule has 0 saturated carbocycles. The summed E-state index contributed by atoms with van der Waals surface area (Å²) in [6, 6.07) is 10.3. The van der Waals surface area contributed by atoms with Crippen LogP contribution in [0.1, 0.15) is 35.7 Å². The summed E-state index contributed by atoms with van der Waals surface area (Å²) in [5.74, 6) is 0.947. The first-order valence-corrected chi connectivity index (χ1v) is 10.2. The summed E-state index contributed by atoms with van der Waals surface area (Å²) in [6.07, 6.45) is 2.08. The molecule has 0 spiro atoms. The number of thiophene rings is 1. The molecule has 4 rings (SSSR count). The van der Waals surface area contributed by atoms with Gasteiger partial charge in [0.2, 0.25) is 5.91 Å². The van der Waals surface area contributed by atoms with E-state index in [0.29, 0.717) is 23.7 Å². The molecule has 0 N–H and O–H groups in total. The highest BCUT2D eigenvalue weighted by molar-refractivity contribution is 7.16. The number of nitrogens with zero attached hydrogens (tertiary/aromatic N) is 3. The Morgan fingerprint density at radius 3 is 2.96 bits per heavy atom. The molecule has 1 aromatic carbocycles. The monoisotopic (exact) mass is 381 g/mol. The number of aryl methyl sites for hydroxylation is 2. The maximum absolute atomic E-state index is 12.9. The van der Waals surface area contributed by atoms with Crippen molar-refractivity contribution in [2.75, 3.05) is 13.1 Å². The van der Waals surface area contributed by atoms with Gasteiger partial charge in [-0.15, -0.1) is 11.3 Å². The van der Waals surface area contributed by atoms with Crippen LogP contribution in [0.2, 0.25) is 0 Å². The molecule has 27 heavy (non-hydrogen) atoms. The van der Waals surface area contributed by atoms with Crippen molar-refractivity contribution in [3.05, 3.63) is 63.0 Å². The van der Waals surface area contributed by atoms with E-state index in [1.165, 1.54) is 27.0 Å². The first-order valence-electron chi connectivity index (χ1n) is 9.32. The summed E-state index contributed by atoms with van der Waals surface area (Å²) in [6.45, 7) is 5.41. The maximum Gasteiger partial charge on any atom is 0.262 e. The molecule has 1 saturated heterocycles. The lowest BCUT2D eigenvalue weighted by atomic mass is 9.90. The fourth-order valence-corrected chi connectivity index (χ4v) is 4.67. The van der Waals surface area contributed by atoms with Gasteiger partial charge in [-0.3, -0.25) is 14.2 Å². The standard InChI is InChI=1S/C21H23N3O2S/c1-14-5-3-6-16(11-14)17-7-4-9-23(12-17)19(25)13-24-15(2)22-20-18(21(24)26)8-10-27-20/h3,5-6,8,10-11,17H,4,7,9,12-13H2,1-2H3. The molecule has 140 valence electrons. The Hall–Kier alpha value is -2.47. The lowest BCUT2D eigenvalue weighted by Crippen LogP contribution is -2.42. The van der Waals surface area contributed by atoms with Crippen LogP contribution in [0, 0.1) is 13.8 Å². The Balaban J connectivity index is 1.54. The Bertz CT molecular complexity index is 1050. The van der Waals surface area contributed by atoms with E-state index in [2.05, 4.69) is 36.2 Å². The van der Waals surface area contributed by atoms with E-state index in [4.69, 9.17) is 0 Å². The number of hydrogen-bond donors (Lipinski definition) is 0. The predicted molar refractivity (Wildman–Crippen MR) is 108 cm³/mol. The van der Waals surface area contributed by atoms with E-state index in [-0.39, 0.29) is 18.0 Å². The number of hydrogen-bond acceptors (Lipinski definition) is 4. The van der Waals surface area contributed by atoms with Crippen molar-refractivity contribution < 1.29 is 4.79 Å². The van der Waals surface area contributed by atoms with Gasteiger partial charge in [0.1, 0.15) is 17.2 Å². The molecule has 6 heteroatoms. The summed E-state index contributed by atoms with van der Waals surface area (Å²) < 4.78 is 1.51. The second-order valence-corrected chi connectivity index (χ2v) is 8.18. The predicted octanol–water partition coefficient (Wildman–Crippen LogP) is 3.48. The summed E-state index contributed by atoms with van der Waals surface area (Å²) in [7, 11) is 0. The third-order valence-corrected chi connectivity index (χ3v) is 6.16. The van der Waals surface area contributed by atoms with Gasteiger partial charge >= 0.3 is 0 Å². The molecule has 3 aromatic rings. The highest BCUT2D eigenvalue weighted by Gasteiger charge is 2.25. The lowest BCUT2D eigenvalue weighted by Gasteiger charge is -2.33. The molecule has 1 aliphatic heterocycles. The van der Waals surface area contributed by atoms with E-state index >= 15 is 0 Å². The molecule has 1 unspecified atom stereocenters. The Kier molecular flexibility index (Phi) is 4.83. The van der Waals surface area contributed by atoms with Gasteiger partial charge in [0.15, 0.2) is 0 Å². The van der Waals surface area contributed by atoms with E-state index in [1.54, 1.807) is 13.0 Å². The minimum Gasteiger partial charge on any atom is -0.341 e. The number of piperidine rings is 1. The van der Waals surface area contributed by atoms with E-state index in [1.807, 2.05) is 10.3 Å². The summed E-state index contributed by atoms with van der Waals surface area (Å²) >= 11 is 1.45. The highest BCUT2D eigenvalue weighted by atomic mass is 32.1. The smallest absolute Gasteiger partial charge is 0.262 e. The molecule has 2 aromatic heterocycles. The zero-order chi connectivity index (χ0) is 19.0. The van der Waals surface area contributed by atoms with Crippen molar-refractivity contribution in [2.24, 2.45) is 0 Å². The van der Waals surface area contributed by atoms with Crippen molar-refractivity contribution in [1.29, 1.82) is 0 Å². The van der Waals surface area contributed by atoms with Gasteiger partial charge in [0.05, 0.1) is 5.39 Å². The van der Waals surface area contributed by atoms with Crippen molar-refractivity contribution in [2.45, 2.75) is 39.2 Å². The molecule has 0 radical (unpaired) electrons. The molecule has 1 fully saturated rings. The molecule has 5 nitrogen and oxygen atoms in total. The minimum atomic E-state index is -0.126. The molecular formula is C21H23N3O2S. The summed E-state index contributed by atoms with van der Waals surface area (Å²) in [4.78, 5) is 32.8. The summed E-state index contributed by atoms with van der Waals surface area (Å²) in [5, 5.41) is 2.46. The molecule has 1 amide bonds. The van der Waals surface area contributed by atoms with Gasteiger partial charge in [-0.2, -0.15) is 0 Å². The number of amides is 1. The van der Waals surface area contributed by atoms with Crippen LogP contribution in [-0.4, -0.2) is 33.4 Å². The topological polar surface area (TPSA) is 55.2 Å². The molecule has 1 aliphatic rings. The number of rotatable bonds is 3. The third kappa shape index (κ3) is 3.54. The molecule has 0 aliphatic carbocycles. The molecular weight excluding hydrogens is 358 g/mol. The van der Waals surface area contributed by atoms with Crippen LogP contribution in [0.5, 0.6) is 0 Å².